The second-order valence-electron chi connectivity index (χ2n) is 8.77. The maximum Gasteiger partial charge on any atom is 0.231 e. The maximum absolute atomic E-state index is 6.30. The van der Waals surface area contributed by atoms with Crippen molar-refractivity contribution in [2.24, 2.45) is 0 Å². The average molecular weight is 483 g/mol. The lowest BCUT2D eigenvalue weighted by Crippen LogP contribution is -1.96. The summed E-state index contributed by atoms with van der Waals surface area (Å²) < 4.78 is 28.0. The molecule has 0 saturated carbocycles. The molecule has 1 aliphatic heterocycles. The lowest BCUT2D eigenvalue weighted by molar-refractivity contribution is 0.174. The van der Waals surface area contributed by atoms with Gasteiger partial charge in [0.15, 0.2) is 23.0 Å². The molecule has 0 N–H and O–H groups in total. The fourth-order valence-electron chi connectivity index (χ4n) is 4.31. The SMILES string of the molecule is COc1ccc(CCc2ccc(OC)c(Oc3cccc(CCc4ccc5c(c4)OCO5)c3)c2)cc1. The minimum Gasteiger partial charge on any atom is -0.497 e. The maximum atomic E-state index is 6.30. The monoisotopic (exact) mass is 482 g/mol. The largest absolute Gasteiger partial charge is 0.497 e. The summed E-state index contributed by atoms with van der Waals surface area (Å²) in [5.41, 5.74) is 4.89. The molecule has 4 aromatic carbocycles. The summed E-state index contributed by atoms with van der Waals surface area (Å²) in [6.45, 7) is 0.296. The van der Waals surface area contributed by atoms with E-state index in [2.05, 4.69) is 48.5 Å². The van der Waals surface area contributed by atoms with Gasteiger partial charge in [0.25, 0.3) is 0 Å². The standard InChI is InChI=1S/C31H30O5/c1-32-26-14-10-22(11-15-26)6-7-25-12-16-28(33-2)31(20-25)36-27-5-3-4-23(18-27)8-9-24-13-17-29-30(19-24)35-21-34-29/h3-5,10-20H,6-9,21H2,1-2H3. The molecule has 36 heavy (non-hydrogen) atoms. The van der Waals surface area contributed by atoms with Crippen LogP contribution in [0.25, 0.3) is 0 Å². The molecule has 0 spiro atoms. The molecule has 0 aromatic heterocycles. The van der Waals surface area contributed by atoms with Crippen LogP contribution in [-0.4, -0.2) is 21.0 Å². The van der Waals surface area contributed by atoms with Crippen molar-refractivity contribution < 1.29 is 23.7 Å². The van der Waals surface area contributed by atoms with Crippen molar-refractivity contribution in [3.05, 3.63) is 107 Å². The van der Waals surface area contributed by atoms with Crippen molar-refractivity contribution in [2.45, 2.75) is 25.7 Å². The van der Waals surface area contributed by atoms with Crippen LogP contribution in [0.3, 0.4) is 0 Å². The van der Waals surface area contributed by atoms with Crippen LogP contribution in [0, 0.1) is 0 Å². The highest BCUT2D eigenvalue weighted by atomic mass is 16.7. The number of hydrogen-bond donors (Lipinski definition) is 0. The van der Waals surface area contributed by atoms with E-state index in [-0.39, 0.29) is 0 Å². The molecule has 0 aliphatic carbocycles. The minimum atomic E-state index is 0.296. The fourth-order valence-corrected chi connectivity index (χ4v) is 4.31. The molecule has 0 bridgehead atoms. The first-order valence-electron chi connectivity index (χ1n) is 12.2. The highest BCUT2D eigenvalue weighted by Crippen LogP contribution is 2.34. The van der Waals surface area contributed by atoms with Gasteiger partial charge in [-0.15, -0.1) is 0 Å². The van der Waals surface area contributed by atoms with Gasteiger partial charge in [-0.25, -0.2) is 0 Å². The number of benzene rings is 4. The van der Waals surface area contributed by atoms with Gasteiger partial charge in [-0.3, -0.25) is 0 Å². The van der Waals surface area contributed by atoms with E-state index in [0.717, 1.165) is 54.4 Å². The number of hydrogen-bond acceptors (Lipinski definition) is 5. The van der Waals surface area contributed by atoms with Gasteiger partial charge in [-0.05, 0) is 96.5 Å². The topological polar surface area (TPSA) is 46.2 Å². The molecule has 5 nitrogen and oxygen atoms in total. The van der Waals surface area contributed by atoms with E-state index >= 15 is 0 Å². The lowest BCUT2D eigenvalue weighted by Gasteiger charge is -2.13. The van der Waals surface area contributed by atoms with Gasteiger partial charge in [0.05, 0.1) is 14.2 Å². The molecule has 5 heteroatoms. The summed E-state index contributed by atoms with van der Waals surface area (Å²) in [6, 6.07) is 28.7. The zero-order valence-corrected chi connectivity index (χ0v) is 20.7. The predicted molar refractivity (Wildman–Crippen MR) is 140 cm³/mol. The third-order valence-corrected chi connectivity index (χ3v) is 6.36. The van der Waals surface area contributed by atoms with Crippen molar-refractivity contribution in [3.63, 3.8) is 0 Å². The zero-order valence-electron chi connectivity index (χ0n) is 20.7. The third-order valence-electron chi connectivity index (χ3n) is 6.36. The molecule has 0 saturated heterocycles. The second-order valence-corrected chi connectivity index (χ2v) is 8.77. The molecular formula is C31H30O5. The van der Waals surface area contributed by atoms with Gasteiger partial charge < -0.3 is 23.7 Å². The van der Waals surface area contributed by atoms with E-state index in [1.54, 1.807) is 14.2 Å². The Morgan fingerprint density at radius 2 is 1.22 bits per heavy atom. The van der Waals surface area contributed by atoms with E-state index in [4.69, 9.17) is 23.7 Å². The van der Waals surface area contributed by atoms with Crippen LogP contribution in [0.1, 0.15) is 22.3 Å². The highest BCUT2D eigenvalue weighted by molar-refractivity contribution is 5.47. The molecule has 0 unspecified atom stereocenters. The molecule has 0 atom stereocenters. The van der Waals surface area contributed by atoms with Gasteiger partial charge >= 0.3 is 0 Å². The molecule has 0 amide bonds. The van der Waals surface area contributed by atoms with Crippen molar-refractivity contribution in [1.82, 2.24) is 0 Å². The molecular weight excluding hydrogens is 452 g/mol. The molecule has 4 aromatic rings. The first-order chi connectivity index (χ1) is 17.7. The summed E-state index contributed by atoms with van der Waals surface area (Å²) in [5.74, 6) is 4.74. The smallest absolute Gasteiger partial charge is 0.231 e. The Labute approximate surface area is 212 Å². The third kappa shape index (κ3) is 5.74. The lowest BCUT2D eigenvalue weighted by atomic mass is 10.0. The summed E-state index contributed by atoms with van der Waals surface area (Å²) in [4.78, 5) is 0. The second kappa shape index (κ2) is 11.1. The van der Waals surface area contributed by atoms with E-state index in [1.165, 1.54) is 22.3 Å². The van der Waals surface area contributed by atoms with Gasteiger partial charge in [0, 0.05) is 0 Å². The number of aryl methyl sites for hydroxylation is 4. The Balaban J connectivity index is 1.24. The van der Waals surface area contributed by atoms with Gasteiger partial charge in [0.2, 0.25) is 6.79 Å². The first-order valence-corrected chi connectivity index (χ1v) is 12.2. The molecule has 184 valence electrons. The van der Waals surface area contributed by atoms with Crippen LogP contribution in [-0.2, 0) is 25.7 Å². The molecule has 1 heterocycles. The van der Waals surface area contributed by atoms with Gasteiger partial charge in [-0.2, -0.15) is 0 Å². The quantitative estimate of drug-likeness (QED) is 0.249. The van der Waals surface area contributed by atoms with Crippen LogP contribution >= 0.6 is 0 Å². The van der Waals surface area contributed by atoms with Crippen molar-refractivity contribution in [1.29, 1.82) is 0 Å². The predicted octanol–water partition coefficient (Wildman–Crippen LogP) is 6.80. The van der Waals surface area contributed by atoms with Crippen molar-refractivity contribution >= 4 is 0 Å². The number of rotatable bonds is 10. The first kappa shape index (κ1) is 23.6. The summed E-state index contributed by atoms with van der Waals surface area (Å²) in [5, 5.41) is 0. The van der Waals surface area contributed by atoms with E-state index in [9.17, 15) is 0 Å². The molecule has 5 rings (SSSR count). The fraction of sp³-hybridized carbons (Fsp3) is 0.226. The molecule has 0 fully saturated rings. The summed E-state index contributed by atoms with van der Waals surface area (Å²) in [7, 11) is 3.35. The van der Waals surface area contributed by atoms with Crippen LogP contribution in [0.4, 0.5) is 0 Å². The summed E-state index contributed by atoms with van der Waals surface area (Å²) >= 11 is 0. The summed E-state index contributed by atoms with van der Waals surface area (Å²) in [6.07, 6.45) is 3.65. The highest BCUT2D eigenvalue weighted by Gasteiger charge is 2.13. The number of methoxy groups -OCH3 is 2. The van der Waals surface area contributed by atoms with Crippen LogP contribution in [0.2, 0.25) is 0 Å². The Morgan fingerprint density at radius 1 is 0.556 bits per heavy atom. The zero-order chi connectivity index (χ0) is 24.7. The Hall–Kier alpha value is -4.12. The van der Waals surface area contributed by atoms with Crippen LogP contribution < -0.4 is 23.7 Å². The van der Waals surface area contributed by atoms with Crippen molar-refractivity contribution in [2.75, 3.05) is 21.0 Å². The number of ether oxygens (including phenoxy) is 5. The van der Waals surface area contributed by atoms with Crippen molar-refractivity contribution in [3.8, 4) is 34.5 Å². The average Bonchev–Trinajstić information content (AvgIpc) is 3.39. The molecule has 0 radical (unpaired) electrons. The van der Waals surface area contributed by atoms with E-state index in [1.807, 2.05) is 36.4 Å². The molecule has 1 aliphatic rings. The normalized spacial score (nSPS) is 11.8. The van der Waals surface area contributed by atoms with Gasteiger partial charge in [-0.1, -0.05) is 36.4 Å². The Kier molecular flexibility index (Phi) is 7.27. The minimum absolute atomic E-state index is 0.296. The Bertz CT molecular complexity index is 1310. The van der Waals surface area contributed by atoms with E-state index < -0.39 is 0 Å². The van der Waals surface area contributed by atoms with E-state index in [0.29, 0.717) is 12.5 Å². The van der Waals surface area contributed by atoms with Crippen LogP contribution in [0.15, 0.2) is 84.9 Å². The Morgan fingerprint density at radius 3 is 2.00 bits per heavy atom. The van der Waals surface area contributed by atoms with Crippen LogP contribution in [0.5, 0.6) is 34.5 Å². The number of fused-ring (bicyclic) bond motifs is 1. The van der Waals surface area contributed by atoms with Gasteiger partial charge in [0.1, 0.15) is 11.5 Å².